The van der Waals surface area contributed by atoms with Crippen LogP contribution in [0.2, 0.25) is 5.02 Å². The summed E-state index contributed by atoms with van der Waals surface area (Å²) >= 11 is 6.02. The number of carbonyl (C=O) groups is 2. The van der Waals surface area contributed by atoms with Crippen molar-refractivity contribution in [1.29, 1.82) is 0 Å². The molecule has 0 saturated heterocycles. The lowest BCUT2D eigenvalue weighted by molar-refractivity contribution is -0.146. The van der Waals surface area contributed by atoms with Gasteiger partial charge < -0.3 is 9.47 Å². The predicted molar refractivity (Wildman–Crippen MR) is 86.5 cm³/mol. The van der Waals surface area contributed by atoms with Gasteiger partial charge in [-0.15, -0.1) is 0 Å². The lowest BCUT2D eigenvalue weighted by Crippen LogP contribution is -2.21. The van der Waals surface area contributed by atoms with E-state index in [2.05, 4.69) is 0 Å². The molecular formula is C17H21ClO4. The second-order valence-electron chi connectivity index (χ2n) is 4.89. The molecule has 0 fully saturated rings. The number of hydrogen-bond acceptors (Lipinski definition) is 4. The summed E-state index contributed by atoms with van der Waals surface area (Å²) in [4.78, 5) is 24.5. The molecule has 120 valence electrons. The van der Waals surface area contributed by atoms with E-state index in [-0.39, 0.29) is 24.7 Å². The van der Waals surface area contributed by atoms with Crippen LogP contribution in [0.5, 0.6) is 0 Å². The molecule has 0 heterocycles. The quantitative estimate of drug-likeness (QED) is 0.345. The zero-order valence-corrected chi connectivity index (χ0v) is 14.1. The molecule has 0 bridgehead atoms. The Morgan fingerprint density at radius 1 is 1.09 bits per heavy atom. The predicted octanol–water partition coefficient (Wildman–Crippen LogP) is 3.88. The number of allylic oxidation sites excluding steroid dienone is 1. The molecule has 0 unspecified atom stereocenters. The molecule has 0 aromatic heterocycles. The standard InChI is InChI=1S/C17H21ClO4/c1-5-21-16(19)15(17(20)22-6-2)14(11(3)4)12-8-7-9-13(18)10-12/h7-11H,5-6H2,1-4H3. The first-order valence-electron chi connectivity index (χ1n) is 7.26. The molecule has 1 aromatic rings. The van der Waals surface area contributed by atoms with Crippen LogP contribution in [0.25, 0.3) is 5.57 Å². The van der Waals surface area contributed by atoms with Crippen LogP contribution < -0.4 is 0 Å². The summed E-state index contributed by atoms with van der Waals surface area (Å²) in [5.41, 5.74) is 1.21. The Morgan fingerprint density at radius 3 is 2.05 bits per heavy atom. The highest BCUT2D eigenvalue weighted by molar-refractivity contribution is 6.30. The van der Waals surface area contributed by atoms with Gasteiger partial charge in [0.25, 0.3) is 0 Å². The Hall–Kier alpha value is -1.81. The van der Waals surface area contributed by atoms with E-state index in [1.807, 2.05) is 13.8 Å². The highest BCUT2D eigenvalue weighted by atomic mass is 35.5. The van der Waals surface area contributed by atoms with E-state index < -0.39 is 11.9 Å². The fourth-order valence-electron chi connectivity index (χ4n) is 2.13. The van der Waals surface area contributed by atoms with Gasteiger partial charge in [-0.3, -0.25) is 0 Å². The van der Waals surface area contributed by atoms with Gasteiger partial charge in [0.1, 0.15) is 5.57 Å². The van der Waals surface area contributed by atoms with Crippen molar-refractivity contribution in [3.8, 4) is 0 Å². The Kier molecular flexibility index (Phi) is 7.12. The van der Waals surface area contributed by atoms with E-state index in [1.54, 1.807) is 38.1 Å². The maximum Gasteiger partial charge on any atom is 0.345 e. The van der Waals surface area contributed by atoms with Gasteiger partial charge in [0.15, 0.2) is 0 Å². The summed E-state index contributed by atoms with van der Waals surface area (Å²) in [6, 6.07) is 7.03. The summed E-state index contributed by atoms with van der Waals surface area (Å²) in [5.74, 6) is -1.43. The maximum atomic E-state index is 12.2. The molecule has 0 aliphatic heterocycles. The van der Waals surface area contributed by atoms with E-state index in [1.165, 1.54) is 0 Å². The van der Waals surface area contributed by atoms with Crippen molar-refractivity contribution in [1.82, 2.24) is 0 Å². The summed E-state index contributed by atoms with van der Waals surface area (Å²) in [6.45, 7) is 7.54. The Balaban J connectivity index is 3.52. The summed E-state index contributed by atoms with van der Waals surface area (Å²) < 4.78 is 10.0. The topological polar surface area (TPSA) is 52.6 Å². The minimum atomic E-state index is -0.676. The van der Waals surface area contributed by atoms with Crippen LogP contribution in [0, 0.1) is 5.92 Å². The van der Waals surface area contributed by atoms with Crippen molar-refractivity contribution in [3.05, 3.63) is 40.4 Å². The summed E-state index contributed by atoms with van der Waals surface area (Å²) in [5, 5.41) is 0.530. The van der Waals surface area contributed by atoms with E-state index in [9.17, 15) is 9.59 Å². The molecule has 0 aliphatic carbocycles. The normalized spacial score (nSPS) is 10.3. The van der Waals surface area contributed by atoms with Crippen molar-refractivity contribution in [2.45, 2.75) is 27.7 Å². The fourth-order valence-corrected chi connectivity index (χ4v) is 2.32. The molecule has 0 saturated carbocycles. The first kappa shape index (κ1) is 18.2. The van der Waals surface area contributed by atoms with Crippen molar-refractivity contribution >= 4 is 29.1 Å². The molecular weight excluding hydrogens is 304 g/mol. The SMILES string of the molecule is CCOC(=O)C(C(=O)OCC)=C(c1cccc(Cl)c1)C(C)C. The van der Waals surface area contributed by atoms with Gasteiger partial charge in [0.05, 0.1) is 13.2 Å². The number of carbonyl (C=O) groups excluding carboxylic acids is 2. The van der Waals surface area contributed by atoms with Crippen molar-refractivity contribution in [3.63, 3.8) is 0 Å². The molecule has 4 nitrogen and oxygen atoms in total. The lowest BCUT2D eigenvalue weighted by Gasteiger charge is -2.17. The van der Waals surface area contributed by atoms with Gasteiger partial charge >= 0.3 is 11.9 Å². The number of hydrogen-bond donors (Lipinski definition) is 0. The monoisotopic (exact) mass is 324 g/mol. The average Bonchev–Trinajstić information content (AvgIpc) is 2.44. The number of benzene rings is 1. The van der Waals surface area contributed by atoms with Crippen LogP contribution in [0.3, 0.4) is 0 Å². The van der Waals surface area contributed by atoms with Crippen LogP contribution in [0.15, 0.2) is 29.8 Å². The van der Waals surface area contributed by atoms with Gasteiger partial charge in [-0.25, -0.2) is 9.59 Å². The van der Waals surface area contributed by atoms with Crippen LogP contribution >= 0.6 is 11.6 Å². The van der Waals surface area contributed by atoms with Gasteiger partial charge in [-0.05, 0) is 43.0 Å². The Labute approximate surface area is 136 Å². The van der Waals surface area contributed by atoms with E-state index >= 15 is 0 Å². The average molecular weight is 325 g/mol. The number of rotatable bonds is 6. The third kappa shape index (κ3) is 4.60. The molecule has 5 heteroatoms. The molecule has 0 atom stereocenters. The fraction of sp³-hybridized carbons (Fsp3) is 0.412. The second-order valence-corrected chi connectivity index (χ2v) is 5.33. The smallest absolute Gasteiger partial charge is 0.345 e. The molecule has 0 spiro atoms. The summed E-state index contributed by atoms with van der Waals surface area (Å²) in [7, 11) is 0. The van der Waals surface area contributed by atoms with Crippen LogP contribution in [-0.2, 0) is 19.1 Å². The van der Waals surface area contributed by atoms with Crippen LogP contribution in [0.4, 0.5) is 0 Å². The first-order chi connectivity index (χ1) is 10.4. The van der Waals surface area contributed by atoms with Gasteiger partial charge in [-0.1, -0.05) is 37.6 Å². The third-order valence-corrected chi connectivity index (χ3v) is 3.18. The Morgan fingerprint density at radius 2 is 1.64 bits per heavy atom. The van der Waals surface area contributed by atoms with Gasteiger partial charge in [0, 0.05) is 5.02 Å². The second kappa shape index (κ2) is 8.59. The molecule has 0 N–H and O–H groups in total. The Bertz CT molecular complexity index is 556. The third-order valence-electron chi connectivity index (χ3n) is 2.94. The van der Waals surface area contributed by atoms with E-state index in [4.69, 9.17) is 21.1 Å². The van der Waals surface area contributed by atoms with E-state index in [0.29, 0.717) is 16.2 Å². The van der Waals surface area contributed by atoms with Crippen molar-refractivity contribution < 1.29 is 19.1 Å². The van der Waals surface area contributed by atoms with Gasteiger partial charge in [0.2, 0.25) is 0 Å². The minimum Gasteiger partial charge on any atom is -0.462 e. The highest BCUT2D eigenvalue weighted by Gasteiger charge is 2.28. The maximum absolute atomic E-state index is 12.2. The van der Waals surface area contributed by atoms with E-state index in [0.717, 1.165) is 0 Å². The molecule has 0 amide bonds. The van der Waals surface area contributed by atoms with Gasteiger partial charge in [-0.2, -0.15) is 0 Å². The van der Waals surface area contributed by atoms with Crippen LogP contribution in [-0.4, -0.2) is 25.2 Å². The largest absolute Gasteiger partial charge is 0.462 e. The van der Waals surface area contributed by atoms with Crippen LogP contribution in [0.1, 0.15) is 33.3 Å². The number of esters is 2. The number of halogens is 1. The zero-order valence-electron chi connectivity index (χ0n) is 13.3. The first-order valence-corrected chi connectivity index (χ1v) is 7.64. The van der Waals surface area contributed by atoms with Crippen molar-refractivity contribution in [2.24, 2.45) is 5.92 Å². The molecule has 0 radical (unpaired) electrons. The molecule has 1 aromatic carbocycles. The number of ether oxygens (including phenoxy) is 2. The van der Waals surface area contributed by atoms with Crippen molar-refractivity contribution in [2.75, 3.05) is 13.2 Å². The molecule has 22 heavy (non-hydrogen) atoms. The highest BCUT2D eigenvalue weighted by Crippen LogP contribution is 2.30. The summed E-state index contributed by atoms with van der Waals surface area (Å²) in [6.07, 6.45) is 0. The minimum absolute atomic E-state index is 0.0685. The zero-order chi connectivity index (χ0) is 16.7. The lowest BCUT2D eigenvalue weighted by atomic mass is 9.90. The molecule has 0 aliphatic rings. The molecule has 1 rings (SSSR count).